The van der Waals surface area contributed by atoms with Crippen molar-refractivity contribution in [3.8, 4) is 0 Å². The first-order chi connectivity index (χ1) is 6.33. The second kappa shape index (κ2) is 3.27. The molecule has 1 N–H and O–H groups in total. The summed E-state index contributed by atoms with van der Waals surface area (Å²) >= 11 is 1.36. The lowest BCUT2D eigenvalue weighted by Crippen LogP contribution is -1.96. The zero-order valence-electron chi connectivity index (χ0n) is 6.76. The molecule has 0 fully saturated rings. The van der Waals surface area contributed by atoms with Crippen molar-refractivity contribution in [2.75, 3.05) is 6.26 Å². The molecule has 0 spiro atoms. The van der Waals surface area contributed by atoms with Gasteiger partial charge in [0.25, 0.3) is 10.9 Å². The molecule has 0 aromatic carbocycles. The van der Waals surface area contributed by atoms with Gasteiger partial charge in [-0.15, -0.1) is 10.2 Å². The van der Waals surface area contributed by atoms with Crippen LogP contribution in [0.25, 0.3) is 11.4 Å². The summed E-state index contributed by atoms with van der Waals surface area (Å²) in [5.74, 6) is 0.233. The summed E-state index contributed by atoms with van der Waals surface area (Å²) in [6.45, 7) is -0.252. The van der Waals surface area contributed by atoms with Gasteiger partial charge in [-0.3, -0.25) is 0 Å². The van der Waals surface area contributed by atoms with Crippen LogP contribution in [0.4, 0.5) is 0 Å². The van der Waals surface area contributed by atoms with Crippen LogP contribution in [0.1, 0.15) is 5.82 Å². The van der Waals surface area contributed by atoms with E-state index >= 15 is 0 Å². The molecular formula is C6H6N4O2S. The number of aromatic nitrogens is 4. The molecule has 2 aromatic heterocycles. The van der Waals surface area contributed by atoms with Gasteiger partial charge in [0.1, 0.15) is 6.61 Å². The molecule has 0 aliphatic rings. The topological polar surface area (TPSA) is 84.9 Å². The number of thioether (sulfide) groups is 1. The zero-order valence-corrected chi connectivity index (χ0v) is 7.58. The van der Waals surface area contributed by atoms with Crippen LogP contribution in [-0.4, -0.2) is 31.5 Å². The Balaban J connectivity index is 2.57. The Morgan fingerprint density at radius 3 is 2.92 bits per heavy atom. The van der Waals surface area contributed by atoms with Crippen LogP contribution in [0, 0.1) is 0 Å². The van der Waals surface area contributed by atoms with Crippen molar-refractivity contribution in [3.05, 3.63) is 5.82 Å². The van der Waals surface area contributed by atoms with E-state index in [2.05, 4.69) is 20.2 Å². The maximum absolute atomic E-state index is 8.73. The molecule has 0 bridgehead atoms. The molecule has 0 aliphatic heterocycles. The van der Waals surface area contributed by atoms with Crippen molar-refractivity contribution >= 4 is 23.1 Å². The summed E-state index contributed by atoms with van der Waals surface area (Å²) in [6, 6.07) is 0. The molecule has 0 saturated heterocycles. The smallest absolute Gasteiger partial charge is 0.271 e. The van der Waals surface area contributed by atoms with Crippen molar-refractivity contribution in [3.63, 3.8) is 0 Å². The highest BCUT2D eigenvalue weighted by atomic mass is 32.2. The zero-order chi connectivity index (χ0) is 9.26. The van der Waals surface area contributed by atoms with Crippen LogP contribution in [0.3, 0.4) is 0 Å². The summed E-state index contributed by atoms with van der Waals surface area (Å²) in [5.41, 5.74) is 0.671. The van der Waals surface area contributed by atoms with Gasteiger partial charge < -0.3 is 9.52 Å². The van der Waals surface area contributed by atoms with Gasteiger partial charge >= 0.3 is 0 Å². The Hall–Kier alpha value is -1.21. The van der Waals surface area contributed by atoms with E-state index in [9.17, 15) is 0 Å². The van der Waals surface area contributed by atoms with Crippen LogP contribution < -0.4 is 0 Å². The Kier molecular flexibility index (Phi) is 2.11. The molecule has 68 valence electrons. The van der Waals surface area contributed by atoms with E-state index in [4.69, 9.17) is 9.52 Å². The number of hydrogen-bond donors (Lipinski definition) is 1. The largest absolute Gasteiger partial charge is 0.411 e. The van der Waals surface area contributed by atoms with Crippen LogP contribution in [0.2, 0.25) is 0 Å². The van der Waals surface area contributed by atoms with E-state index in [1.807, 2.05) is 6.26 Å². The minimum atomic E-state index is -0.252. The molecule has 7 heteroatoms. The van der Waals surface area contributed by atoms with Gasteiger partial charge in [0.15, 0.2) is 5.82 Å². The summed E-state index contributed by atoms with van der Waals surface area (Å²) in [4.78, 5) is 7.88. The molecule has 0 radical (unpaired) electrons. The highest BCUT2D eigenvalue weighted by Crippen LogP contribution is 2.17. The quantitative estimate of drug-likeness (QED) is 0.691. The first kappa shape index (κ1) is 8.39. The number of aliphatic hydroxyl groups is 1. The maximum Gasteiger partial charge on any atom is 0.271 e. The molecule has 0 aliphatic carbocycles. The first-order valence-corrected chi connectivity index (χ1v) is 4.71. The van der Waals surface area contributed by atoms with Crippen LogP contribution in [0.5, 0.6) is 0 Å². The summed E-state index contributed by atoms with van der Waals surface area (Å²) < 4.78 is 5.19. The number of nitrogens with zero attached hydrogens (tertiary/aromatic N) is 4. The van der Waals surface area contributed by atoms with Crippen molar-refractivity contribution in [1.29, 1.82) is 0 Å². The predicted octanol–water partition coefficient (Wildman–Crippen LogP) is 0.227. The monoisotopic (exact) mass is 198 g/mol. The third kappa shape index (κ3) is 1.47. The number of rotatable bonds is 2. The molecule has 2 heterocycles. The van der Waals surface area contributed by atoms with Gasteiger partial charge in [0, 0.05) is 0 Å². The summed E-state index contributed by atoms with van der Waals surface area (Å²) in [7, 11) is 0. The van der Waals surface area contributed by atoms with Crippen molar-refractivity contribution < 1.29 is 9.52 Å². The molecule has 2 aromatic rings. The fourth-order valence-electron chi connectivity index (χ4n) is 0.822. The lowest BCUT2D eigenvalue weighted by Gasteiger charge is -1.88. The van der Waals surface area contributed by atoms with E-state index < -0.39 is 0 Å². The van der Waals surface area contributed by atoms with E-state index in [-0.39, 0.29) is 12.4 Å². The lowest BCUT2D eigenvalue weighted by molar-refractivity contribution is 0.269. The lowest BCUT2D eigenvalue weighted by atomic mass is 10.6. The van der Waals surface area contributed by atoms with Gasteiger partial charge in [-0.1, -0.05) is 11.8 Å². The van der Waals surface area contributed by atoms with Crippen LogP contribution >= 0.6 is 11.8 Å². The number of oxazole rings is 1. The highest BCUT2D eigenvalue weighted by Gasteiger charge is 2.08. The normalized spacial score (nSPS) is 10.9. The van der Waals surface area contributed by atoms with Crippen molar-refractivity contribution in [1.82, 2.24) is 20.2 Å². The number of aliphatic hydroxyl groups excluding tert-OH is 1. The molecule has 13 heavy (non-hydrogen) atoms. The summed E-state index contributed by atoms with van der Waals surface area (Å²) in [5, 5.41) is 16.6. The molecule has 0 atom stereocenters. The fraction of sp³-hybridized carbons (Fsp3) is 0.333. The van der Waals surface area contributed by atoms with Crippen molar-refractivity contribution in [2.24, 2.45) is 0 Å². The minimum Gasteiger partial charge on any atom is -0.411 e. The van der Waals surface area contributed by atoms with Gasteiger partial charge in [-0.25, -0.2) is 0 Å². The molecule has 0 amide bonds. The second-order valence-electron chi connectivity index (χ2n) is 2.20. The average Bonchev–Trinajstić information content (AvgIpc) is 2.58. The predicted molar refractivity (Wildman–Crippen MR) is 45.1 cm³/mol. The molecule has 0 saturated carbocycles. The third-order valence-corrected chi connectivity index (χ3v) is 1.90. The van der Waals surface area contributed by atoms with Gasteiger partial charge in [-0.05, 0) is 6.26 Å². The number of fused-ring (bicyclic) bond motifs is 1. The Morgan fingerprint density at radius 2 is 2.23 bits per heavy atom. The maximum atomic E-state index is 8.73. The number of hydrogen-bond acceptors (Lipinski definition) is 7. The van der Waals surface area contributed by atoms with E-state index in [0.29, 0.717) is 16.6 Å². The van der Waals surface area contributed by atoms with Crippen LogP contribution in [0.15, 0.2) is 9.64 Å². The Morgan fingerprint density at radius 1 is 1.38 bits per heavy atom. The fourth-order valence-corrected chi connectivity index (χ4v) is 1.16. The van der Waals surface area contributed by atoms with E-state index in [1.54, 1.807) is 0 Å². The Labute approximate surface area is 77.4 Å². The Bertz CT molecular complexity index is 427. The van der Waals surface area contributed by atoms with Gasteiger partial charge in [0.2, 0.25) is 5.65 Å². The van der Waals surface area contributed by atoms with Gasteiger partial charge in [0.05, 0.1) is 0 Å². The summed E-state index contributed by atoms with van der Waals surface area (Å²) in [6.07, 6.45) is 1.84. The second-order valence-corrected chi connectivity index (χ2v) is 2.96. The molecule has 2 rings (SSSR count). The highest BCUT2D eigenvalue weighted by molar-refractivity contribution is 7.98. The molecular weight excluding hydrogens is 192 g/mol. The van der Waals surface area contributed by atoms with Crippen molar-refractivity contribution in [2.45, 2.75) is 11.8 Å². The SMILES string of the molecule is CSc1nc2nnc(CO)nc2o1. The van der Waals surface area contributed by atoms with E-state index in [0.717, 1.165) is 0 Å². The minimum absolute atomic E-state index is 0.233. The van der Waals surface area contributed by atoms with E-state index in [1.165, 1.54) is 11.8 Å². The van der Waals surface area contributed by atoms with Gasteiger partial charge in [-0.2, -0.15) is 9.97 Å². The first-order valence-electron chi connectivity index (χ1n) is 3.48. The average molecular weight is 198 g/mol. The molecule has 0 unspecified atom stereocenters. The standard InChI is InChI=1S/C6H6N4O2S/c1-13-6-8-4-5(12-6)7-3(2-11)9-10-4/h11H,2H2,1H3. The van der Waals surface area contributed by atoms with Crippen LogP contribution in [-0.2, 0) is 6.61 Å². The third-order valence-electron chi connectivity index (χ3n) is 1.38. The molecule has 6 nitrogen and oxygen atoms in total.